The lowest BCUT2D eigenvalue weighted by atomic mass is 10.1. The molecule has 5 heteroatoms. The monoisotopic (exact) mass is 247 g/mol. The van der Waals surface area contributed by atoms with Crippen LogP contribution in [0.15, 0.2) is 12.1 Å². The summed E-state index contributed by atoms with van der Waals surface area (Å²) in [7, 11) is 1.57. The second-order valence-electron chi connectivity index (χ2n) is 4.39. The van der Waals surface area contributed by atoms with Crippen molar-refractivity contribution in [1.29, 1.82) is 0 Å². The Morgan fingerprint density at radius 3 is 2.18 bits per heavy atom. The molecule has 0 spiro atoms. The fraction of sp³-hybridized carbons (Fsp3) is 0.500. The third-order valence-electron chi connectivity index (χ3n) is 2.59. The number of methoxy groups -OCH3 is 1. The minimum Gasteiger partial charge on any atom is -0.380 e. The number of halogens is 3. The summed E-state index contributed by atoms with van der Waals surface area (Å²) in [6.07, 6.45) is 0.569. The number of ether oxygens (including phenoxy) is 1. The van der Waals surface area contributed by atoms with E-state index in [0.717, 1.165) is 0 Å². The molecule has 0 heterocycles. The normalized spacial score (nSPS) is 11.6. The summed E-state index contributed by atoms with van der Waals surface area (Å²) in [6, 6.07) is 1.29. The van der Waals surface area contributed by atoms with E-state index < -0.39 is 17.5 Å². The van der Waals surface area contributed by atoms with E-state index in [1.165, 1.54) is 0 Å². The van der Waals surface area contributed by atoms with Crippen LogP contribution in [-0.4, -0.2) is 19.3 Å². The molecule has 0 bridgehead atoms. The molecule has 0 aliphatic heterocycles. The predicted octanol–water partition coefficient (Wildman–Crippen LogP) is 3.33. The maximum absolute atomic E-state index is 13.2. The molecule has 0 unspecified atom stereocenters. The Hall–Kier alpha value is -1.23. The van der Waals surface area contributed by atoms with E-state index in [1.54, 1.807) is 7.11 Å². The third kappa shape index (κ3) is 3.93. The van der Waals surface area contributed by atoms with Gasteiger partial charge in [-0.3, -0.25) is 0 Å². The first kappa shape index (κ1) is 13.8. The molecule has 1 N–H and O–H groups in total. The van der Waals surface area contributed by atoms with Gasteiger partial charge in [-0.25, -0.2) is 13.2 Å². The standard InChI is InChI=1S/C12H16F3NO/c1-12(2,17-3)4-5-16-11-9(14)6-8(13)7-10(11)15/h6-7,16H,4-5H2,1-3H3. The molecule has 2 nitrogen and oxygen atoms in total. The van der Waals surface area contributed by atoms with E-state index in [9.17, 15) is 13.2 Å². The van der Waals surface area contributed by atoms with Crippen LogP contribution in [-0.2, 0) is 4.74 Å². The van der Waals surface area contributed by atoms with Gasteiger partial charge < -0.3 is 10.1 Å². The average molecular weight is 247 g/mol. The molecule has 0 fully saturated rings. The average Bonchev–Trinajstić information content (AvgIpc) is 2.22. The molecule has 96 valence electrons. The molecule has 0 amide bonds. The molecule has 0 aliphatic carbocycles. The quantitative estimate of drug-likeness (QED) is 0.861. The van der Waals surface area contributed by atoms with Crippen molar-refractivity contribution in [2.75, 3.05) is 19.0 Å². The fourth-order valence-electron chi connectivity index (χ4n) is 1.30. The zero-order valence-corrected chi connectivity index (χ0v) is 10.1. The molecule has 0 saturated heterocycles. The minimum atomic E-state index is -0.933. The van der Waals surface area contributed by atoms with Crippen LogP contribution in [0.25, 0.3) is 0 Å². The number of benzene rings is 1. The third-order valence-corrected chi connectivity index (χ3v) is 2.59. The fourth-order valence-corrected chi connectivity index (χ4v) is 1.30. The Balaban J connectivity index is 2.64. The van der Waals surface area contributed by atoms with Gasteiger partial charge in [0.2, 0.25) is 0 Å². The Morgan fingerprint density at radius 2 is 1.71 bits per heavy atom. The Labute approximate surface area is 98.8 Å². The van der Waals surface area contributed by atoms with Gasteiger partial charge in [-0.2, -0.15) is 0 Å². The van der Waals surface area contributed by atoms with Crippen LogP contribution in [0.4, 0.5) is 18.9 Å². The SMILES string of the molecule is COC(C)(C)CCNc1c(F)cc(F)cc1F. The highest BCUT2D eigenvalue weighted by atomic mass is 19.1. The number of anilines is 1. The molecule has 17 heavy (non-hydrogen) atoms. The van der Waals surface area contributed by atoms with Gasteiger partial charge in [0.1, 0.15) is 11.5 Å². The zero-order valence-electron chi connectivity index (χ0n) is 10.1. The van der Waals surface area contributed by atoms with Gasteiger partial charge >= 0.3 is 0 Å². The van der Waals surface area contributed by atoms with Crippen molar-refractivity contribution < 1.29 is 17.9 Å². The highest BCUT2D eigenvalue weighted by Crippen LogP contribution is 2.21. The summed E-state index contributed by atoms with van der Waals surface area (Å²) in [6.45, 7) is 4.07. The van der Waals surface area contributed by atoms with Crippen molar-refractivity contribution in [3.05, 3.63) is 29.6 Å². The van der Waals surface area contributed by atoms with E-state index >= 15 is 0 Å². The lowest BCUT2D eigenvalue weighted by Gasteiger charge is -2.23. The minimum absolute atomic E-state index is 0.307. The van der Waals surface area contributed by atoms with Crippen LogP contribution in [0.5, 0.6) is 0 Å². The first-order chi connectivity index (χ1) is 7.85. The Bertz CT molecular complexity index is 370. The molecule has 1 rings (SSSR count). The van der Waals surface area contributed by atoms with Crippen LogP contribution in [0.2, 0.25) is 0 Å². The van der Waals surface area contributed by atoms with Gasteiger partial charge in [0, 0.05) is 25.8 Å². The Morgan fingerprint density at radius 1 is 1.18 bits per heavy atom. The summed E-state index contributed by atoms with van der Waals surface area (Å²) >= 11 is 0. The molecule has 0 radical (unpaired) electrons. The van der Waals surface area contributed by atoms with Gasteiger partial charge in [-0.05, 0) is 20.3 Å². The van der Waals surface area contributed by atoms with Gasteiger partial charge in [-0.15, -0.1) is 0 Å². The summed E-state index contributed by atoms with van der Waals surface area (Å²) in [5, 5.41) is 2.60. The molecule has 0 aromatic heterocycles. The number of hydrogen-bond acceptors (Lipinski definition) is 2. The van der Waals surface area contributed by atoms with Crippen molar-refractivity contribution in [3.63, 3.8) is 0 Å². The van der Waals surface area contributed by atoms with Crippen LogP contribution in [0, 0.1) is 17.5 Å². The second-order valence-corrected chi connectivity index (χ2v) is 4.39. The molecule has 1 aromatic rings. The summed E-state index contributed by atoms with van der Waals surface area (Å²) in [5.74, 6) is -2.79. The lowest BCUT2D eigenvalue weighted by molar-refractivity contribution is 0.0184. The smallest absolute Gasteiger partial charge is 0.152 e. The van der Waals surface area contributed by atoms with Gasteiger partial charge in [0.05, 0.1) is 5.60 Å². The van der Waals surface area contributed by atoms with Crippen molar-refractivity contribution in [1.82, 2.24) is 0 Å². The summed E-state index contributed by atoms with van der Waals surface area (Å²) < 4.78 is 44.3. The molecule has 1 aromatic carbocycles. The van der Waals surface area contributed by atoms with E-state index in [0.29, 0.717) is 25.1 Å². The van der Waals surface area contributed by atoms with E-state index in [2.05, 4.69) is 5.32 Å². The van der Waals surface area contributed by atoms with Gasteiger partial charge in [0.15, 0.2) is 11.6 Å². The molecular weight excluding hydrogens is 231 g/mol. The molecule has 0 atom stereocenters. The largest absolute Gasteiger partial charge is 0.380 e. The first-order valence-electron chi connectivity index (χ1n) is 5.29. The van der Waals surface area contributed by atoms with Crippen molar-refractivity contribution in [3.8, 4) is 0 Å². The van der Waals surface area contributed by atoms with Crippen molar-refractivity contribution in [2.24, 2.45) is 0 Å². The van der Waals surface area contributed by atoms with Gasteiger partial charge in [-0.1, -0.05) is 0 Å². The summed E-state index contributed by atoms with van der Waals surface area (Å²) in [4.78, 5) is 0. The molecule has 0 saturated carbocycles. The van der Waals surface area contributed by atoms with Crippen LogP contribution >= 0.6 is 0 Å². The number of hydrogen-bond donors (Lipinski definition) is 1. The van der Waals surface area contributed by atoms with Crippen molar-refractivity contribution in [2.45, 2.75) is 25.9 Å². The Kier molecular flexibility index (Phi) is 4.40. The zero-order chi connectivity index (χ0) is 13.1. The van der Waals surface area contributed by atoms with Gasteiger partial charge in [0.25, 0.3) is 0 Å². The van der Waals surface area contributed by atoms with Crippen LogP contribution < -0.4 is 5.32 Å². The number of nitrogens with one attached hydrogen (secondary N) is 1. The van der Waals surface area contributed by atoms with Crippen molar-refractivity contribution >= 4 is 5.69 Å². The van der Waals surface area contributed by atoms with Crippen LogP contribution in [0.3, 0.4) is 0 Å². The van der Waals surface area contributed by atoms with E-state index in [-0.39, 0.29) is 11.3 Å². The first-order valence-corrected chi connectivity index (χ1v) is 5.29. The molecule has 0 aliphatic rings. The predicted molar refractivity (Wildman–Crippen MR) is 60.5 cm³/mol. The number of rotatable bonds is 5. The maximum atomic E-state index is 13.2. The maximum Gasteiger partial charge on any atom is 0.152 e. The highest BCUT2D eigenvalue weighted by Gasteiger charge is 2.17. The highest BCUT2D eigenvalue weighted by molar-refractivity contribution is 5.46. The molecular formula is C12H16F3NO. The lowest BCUT2D eigenvalue weighted by Crippen LogP contribution is -2.26. The summed E-state index contributed by atoms with van der Waals surface area (Å²) in [5.41, 5.74) is -0.682. The van der Waals surface area contributed by atoms with E-state index in [1.807, 2.05) is 13.8 Å². The van der Waals surface area contributed by atoms with E-state index in [4.69, 9.17) is 4.74 Å². The second kappa shape index (κ2) is 5.40. The van der Waals surface area contributed by atoms with Crippen LogP contribution in [0.1, 0.15) is 20.3 Å². The topological polar surface area (TPSA) is 21.3 Å².